The fourth-order valence-electron chi connectivity index (χ4n) is 3.52. The number of benzene rings is 1. The van der Waals surface area contributed by atoms with Crippen molar-refractivity contribution >= 4 is 33.4 Å². The summed E-state index contributed by atoms with van der Waals surface area (Å²) in [6, 6.07) is 7.25. The molecule has 2 fully saturated rings. The molecule has 3 aliphatic heterocycles. The topological polar surface area (TPSA) is 46.6 Å². The normalized spacial score (nSPS) is 37.9. The second-order valence-electron chi connectivity index (χ2n) is 5.62. The van der Waals surface area contributed by atoms with Crippen LogP contribution in [0.4, 0.5) is 5.69 Å². The van der Waals surface area contributed by atoms with Crippen LogP contribution in [0.25, 0.3) is 0 Å². The fourth-order valence-corrected chi connectivity index (χ4v) is 3.91. The SMILES string of the molecule is C[C@]12C=C[C@@H](O1)[C@@H]1C(=O)N(c3cccc(Br)c3)C(=O)[C@@H]12. The first-order valence-electron chi connectivity index (χ1n) is 6.52. The molecule has 5 heteroatoms. The van der Waals surface area contributed by atoms with Crippen LogP contribution in [0.15, 0.2) is 40.9 Å². The van der Waals surface area contributed by atoms with Gasteiger partial charge in [-0.05, 0) is 25.1 Å². The third-order valence-electron chi connectivity index (χ3n) is 4.40. The number of imide groups is 1. The molecular weight excluding hydrogens is 322 g/mol. The second kappa shape index (κ2) is 3.80. The minimum atomic E-state index is -0.636. The highest BCUT2D eigenvalue weighted by Gasteiger charge is 2.65. The van der Waals surface area contributed by atoms with Gasteiger partial charge in [0.25, 0.3) is 0 Å². The van der Waals surface area contributed by atoms with Crippen molar-refractivity contribution in [3.63, 3.8) is 0 Å². The Kier molecular flexibility index (Phi) is 2.34. The van der Waals surface area contributed by atoms with Gasteiger partial charge in [0.1, 0.15) is 0 Å². The summed E-state index contributed by atoms with van der Waals surface area (Å²) in [6.07, 6.45) is 3.55. The molecule has 102 valence electrons. The third kappa shape index (κ3) is 1.39. The molecule has 2 saturated heterocycles. The van der Waals surface area contributed by atoms with Crippen molar-refractivity contribution in [2.75, 3.05) is 4.90 Å². The zero-order valence-corrected chi connectivity index (χ0v) is 12.3. The molecule has 0 radical (unpaired) electrons. The van der Waals surface area contributed by atoms with Gasteiger partial charge in [-0.15, -0.1) is 0 Å². The van der Waals surface area contributed by atoms with Crippen LogP contribution >= 0.6 is 15.9 Å². The number of nitrogens with zero attached hydrogens (tertiary/aromatic N) is 1. The molecule has 0 spiro atoms. The van der Waals surface area contributed by atoms with Crippen LogP contribution in [-0.2, 0) is 14.3 Å². The molecule has 20 heavy (non-hydrogen) atoms. The van der Waals surface area contributed by atoms with E-state index in [-0.39, 0.29) is 23.8 Å². The lowest BCUT2D eigenvalue weighted by Crippen LogP contribution is -2.38. The summed E-state index contributed by atoms with van der Waals surface area (Å²) in [4.78, 5) is 26.6. The minimum Gasteiger partial charge on any atom is -0.362 e. The summed E-state index contributed by atoms with van der Waals surface area (Å²) in [5.41, 5.74) is -0.0187. The van der Waals surface area contributed by atoms with E-state index in [2.05, 4.69) is 15.9 Å². The number of carbonyl (C=O) groups excluding carboxylic acids is 2. The summed E-state index contributed by atoms with van der Waals surface area (Å²) in [5, 5.41) is 0. The quantitative estimate of drug-likeness (QED) is 0.585. The second-order valence-corrected chi connectivity index (χ2v) is 6.54. The monoisotopic (exact) mass is 333 g/mol. The molecular formula is C15H12BrNO3. The number of amides is 2. The van der Waals surface area contributed by atoms with Gasteiger partial charge >= 0.3 is 0 Å². The minimum absolute atomic E-state index is 0.156. The van der Waals surface area contributed by atoms with Crippen molar-refractivity contribution in [3.8, 4) is 0 Å². The van der Waals surface area contributed by atoms with Gasteiger partial charge in [-0.2, -0.15) is 0 Å². The van der Waals surface area contributed by atoms with Crippen molar-refractivity contribution in [2.45, 2.75) is 18.6 Å². The summed E-state index contributed by atoms with van der Waals surface area (Å²) in [5.74, 6) is -1.09. The molecule has 0 saturated carbocycles. The largest absolute Gasteiger partial charge is 0.362 e. The van der Waals surface area contributed by atoms with Gasteiger partial charge in [0.05, 0.1) is 29.2 Å². The summed E-state index contributed by atoms with van der Waals surface area (Å²) < 4.78 is 6.63. The molecule has 2 bridgehead atoms. The van der Waals surface area contributed by atoms with E-state index >= 15 is 0 Å². The Bertz CT molecular complexity index is 671. The van der Waals surface area contributed by atoms with Crippen molar-refractivity contribution < 1.29 is 14.3 Å². The first kappa shape index (κ1) is 12.3. The van der Waals surface area contributed by atoms with Crippen molar-refractivity contribution in [2.24, 2.45) is 11.8 Å². The van der Waals surface area contributed by atoms with Gasteiger partial charge in [-0.1, -0.05) is 34.1 Å². The van der Waals surface area contributed by atoms with Crippen LogP contribution in [0, 0.1) is 11.8 Å². The zero-order valence-electron chi connectivity index (χ0n) is 10.7. The van der Waals surface area contributed by atoms with Gasteiger partial charge in [0, 0.05) is 4.47 Å². The van der Waals surface area contributed by atoms with Crippen LogP contribution in [-0.4, -0.2) is 23.5 Å². The molecule has 0 unspecified atom stereocenters. The maximum atomic E-state index is 12.7. The lowest BCUT2D eigenvalue weighted by molar-refractivity contribution is -0.126. The number of carbonyl (C=O) groups is 2. The Balaban J connectivity index is 1.79. The number of fused-ring (bicyclic) bond motifs is 5. The molecule has 0 N–H and O–H groups in total. The molecule has 1 aromatic rings. The fraction of sp³-hybridized carbons (Fsp3) is 0.333. The lowest BCUT2D eigenvalue weighted by atomic mass is 9.78. The van der Waals surface area contributed by atoms with E-state index in [4.69, 9.17) is 4.74 Å². The van der Waals surface area contributed by atoms with Crippen LogP contribution < -0.4 is 4.90 Å². The van der Waals surface area contributed by atoms with Gasteiger partial charge in [0.2, 0.25) is 11.8 Å². The first-order valence-corrected chi connectivity index (χ1v) is 7.31. The van der Waals surface area contributed by atoms with Crippen LogP contribution in [0.3, 0.4) is 0 Å². The van der Waals surface area contributed by atoms with E-state index < -0.39 is 11.5 Å². The first-order chi connectivity index (χ1) is 9.51. The lowest BCUT2D eigenvalue weighted by Gasteiger charge is -2.24. The number of rotatable bonds is 1. The van der Waals surface area contributed by atoms with E-state index in [1.807, 2.05) is 31.2 Å². The highest BCUT2D eigenvalue weighted by atomic mass is 79.9. The van der Waals surface area contributed by atoms with E-state index in [9.17, 15) is 9.59 Å². The zero-order chi connectivity index (χ0) is 14.1. The molecule has 3 aliphatic rings. The highest BCUT2D eigenvalue weighted by molar-refractivity contribution is 9.10. The van der Waals surface area contributed by atoms with E-state index in [1.54, 1.807) is 12.1 Å². The summed E-state index contributed by atoms with van der Waals surface area (Å²) >= 11 is 3.37. The smallest absolute Gasteiger partial charge is 0.241 e. The number of hydrogen-bond acceptors (Lipinski definition) is 3. The highest BCUT2D eigenvalue weighted by Crippen LogP contribution is 2.52. The predicted molar refractivity (Wildman–Crippen MR) is 76.0 cm³/mol. The molecule has 3 heterocycles. The van der Waals surface area contributed by atoms with Gasteiger partial charge in [-0.25, -0.2) is 4.90 Å². The van der Waals surface area contributed by atoms with Crippen LogP contribution in [0.2, 0.25) is 0 Å². The van der Waals surface area contributed by atoms with E-state index in [0.29, 0.717) is 5.69 Å². The summed E-state index contributed by atoms with van der Waals surface area (Å²) in [7, 11) is 0. The van der Waals surface area contributed by atoms with E-state index in [1.165, 1.54) is 4.90 Å². The standard InChI is InChI=1S/C15H12BrNO3/c1-15-6-5-10(20-15)11-12(15)14(19)17(13(11)18)9-4-2-3-8(16)7-9/h2-7,10-12H,1H3/t10-,11+,12-,15-/m1/s1. The van der Waals surface area contributed by atoms with Gasteiger partial charge in [0.15, 0.2) is 0 Å². The number of anilines is 1. The Labute approximate surface area is 124 Å². The molecule has 4 rings (SSSR count). The molecule has 4 nitrogen and oxygen atoms in total. The predicted octanol–water partition coefficient (Wildman–Crippen LogP) is 2.28. The Morgan fingerprint density at radius 1 is 1.30 bits per heavy atom. The maximum Gasteiger partial charge on any atom is 0.241 e. The van der Waals surface area contributed by atoms with Gasteiger partial charge < -0.3 is 4.74 Å². The Morgan fingerprint density at radius 2 is 2.10 bits per heavy atom. The molecule has 1 aromatic carbocycles. The van der Waals surface area contributed by atoms with Crippen LogP contribution in [0.5, 0.6) is 0 Å². The summed E-state index contributed by atoms with van der Waals surface area (Å²) in [6.45, 7) is 1.88. The average molecular weight is 334 g/mol. The number of ether oxygens (including phenoxy) is 1. The Hall–Kier alpha value is -1.46. The van der Waals surface area contributed by atoms with Crippen molar-refractivity contribution in [1.29, 1.82) is 0 Å². The maximum absolute atomic E-state index is 12.7. The number of hydrogen-bond donors (Lipinski definition) is 0. The van der Waals surface area contributed by atoms with E-state index in [0.717, 1.165) is 4.47 Å². The Morgan fingerprint density at radius 3 is 2.80 bits per heavy atom. The van der Waals surface area contributed by atoms with Crippen LogP contribution in [0.1, 0.15) is 6.92 Å². The molecule has 0 aromatic heterocycles. The third-order valence-corrected chi connectivity index (χ3v) is 4.89. The molecule has 0 aliphatic carbocycles. The molecule has 4 atom stereocenters. The number of halogens is 1. The van der Waals surface area contributed by atoms with Crippen molar-refractivity contribution in [3.05, 3.63) is 40.9 Å². The van der Waals surface area contributed by atoms with Gasteiger partial charge in [-0.3, -0.25) is 9.59 Å². The molecule has 2 amide bonds. The average Bonchev–Trinajstić information content (AvgIpc) is 2.99. The van der Waals surface area contributed by atoms with Crippen molar-refractivity contribution in [1.82, 2.24) is 0 Å².